The van der Waals surface area contributed by atoms with E-state index in [1.807, 2.05) is 0 Å². The third-order valence-electron chi connectivity index (χ3n) is 1.44. The fourth-order valence-electron chi connectivity index (χ4n) is 0.787. The second-order valence-electron chi connectivity index (χ2n) is 2.39. The van der Waals surface area contributed by atoms with Crippen molar-refractivity contribution in [3.8, 4) is 0 Å². The molecule has 1 aliphatic rings. The van der Waals surface area contributed by atoms with Gasteiger partial charge in [0.25, 0.3) is 5.91 Å². The van der Waals surface area contributed by atoms with Gasteiger partial charge in [-0.15, -0.1) is 0 Å². The SMILES string of the molecule is N[C@@H](CS)C(=O)N1C=NC(=O)C1. The van der Waals surface area contributed by atoms with E-state index < -0.39 is 6.04 Å². The van der Waals surface area contributed by atoms with Crippen LogP contribution in [-0.2, 0) is 9.59 Å². The Morgan fingerprint density at radius 1 is 1.92 bits per heavy atom. The minimum absolute atomic E-state index is 0.000309. The Morgan fingerprint density at radius 2 is 2.58 bits per heavy atom. The molecule has 0 aromatic carbocycles. The third kappa shape index (κ3) is 1.83. The van der Waals surface area contributed by atoms with Crippen LogP contribution in [0.15, 0.2) is 4.99 Å². The summed E-state index contributed by atoms with van der Waals surface area (Å²) in [4.78, 5) is 26.5. The number of thiol groups is 1. The monoisotopic (exact) mass is 187 g/mol. The number of amides is 2. The second-order valence-corrected chi connectivity index (χ2v) is 2.76. The van der Waals surface area contributed by atoms with Gasteiger partial charge in [0.2, 0.25) is 5.91 Å². The summed E-state index contributed by atoms with van der Waals surface area (Å²) in [6.07, 6.45) is 1.20. The Morgan fingerprint density at radius 3 is 3.00 bits per heavy atom. The molecule has 2 N–H and O–H groups in total. The van der Waals surface area contributed by atoms with Crippen molar-refractivity contribution in [1.29, 1.82) is 0 Å². The Labute approximate surface area is 75.0 Å². The van der Waals surface area contributed by atoms with Crippen LogP contribution in [0.5, 0.6) is 0 Å². The normalized spacial score (nSPS) is 18.5. The molecule has 0 bridgehead atoms. The lowest BCUT2D eigenvalue weighted by Crippen LogP contribution is -2.43. The van der Waals surface area contributed by atoms with E-state index in [1.54, 1.807) is 0 Å². The maximum Gasteiger partial charge on any atom is 0.267 e. The van der Waals surface area contributed by atoms with E-state index in [1.165, 1.54) is 11.2 Å². The van der Waals surface area contributed by atoms with Crippen LogP contribution in [0, 0.1) is 0 Å². The topological polar surface area (TPSA) is 75.8 Å². The number of aliphatic imine (C=N–C) groups is 1. The molecule has 66 valence electrons. The zero-order valence-corrected chi connectivity index (χ0v) is 7.20. The van der Waals surface area contributed by atoms with Crippen molar-refractivity contribution >= 4 is 30.8 Å². The minimum atomic E-state index is -0.661. The van der Waals surface area contributed by atoms with Gasteiger partial charge in [-0.05, 0) is 0 Å². The van der Waals surface area contributed by atoms with Crippen molar-refractivity contribution in [2.75, 3.05) is 12.3 Å². The van der Waals surface area contributed by atoms with Gasteiger partial charge in [-0.25, -0.2) is 4.99 Å². The lowest BCUT2D eigenvalue weighted by molar-refractivity contribution is -0.130. The van der Waals surface area contributed by atoms with Crippen molar-refractivity contribution in [3.63, 3.8) is 0 Å². The highest BCUT2D eigenvalue weighted by atomic mass is 32.1. The van der Waals surface area contributed by atoms with E-state index in [0.29, 0.717) is 0 Å². The molecule has 2 amide bonds. The molecule has 12 heavy (non-hydrogen) atoms. The third-order valence-corrected chi connectivity index (χ3v) is 1.84. The predicted octanol–water partition coefficient (Wildman–Crippen LogP) is -1.36. The molecule has 6 heteroatoms. The summed E-state index contributed by atoms with van der Waals surface area (Å²) < 4.78 is 0. The van der Waals surface area contributed by atoms with Crippen LogP contribution in [0.1, 0.15) is 0 Å². The summed E-state index contributed by atoms with van der Waals surface area (Å²) in [5, 5.41) is 0. The Balaban J connectivity index is 2.55. The van der Waals surface area contributed by atoms with Gasteiger partial charge in [0, 0.05) is 5.75 Å². The van der Waals surface area contributed by atoms with E-state index in [0.717, 1.165) is 0 Å². The van der Waals surface area contributed by atoms with Gasteiger partial charge in [0.15, 0.2) is 0 Å². The molecule has 0 saturated heterocycles. The van der Waals surface area contributed by atoms with E-state index >= 15 is 0 Å². The molecule has 0 aliphatic carbocycles. The van der Waals surface area contributed by atoms with Gasteiger partial charge in [-0.2, -0.15) is 12.6 Å². The second kappa shape index (κ2) is 3.68. The maximum absolute atomic E-state index is 11.2. The largest absolute Gasteiger partial charge is 0.319 e. The first kappa shape index (κ1) is 9.21. The van der Waals surface area contributed by atoms with Crippen molar-refractivity contribution in [2.24, 2.45) is 10.7 Å². The van der Waals surface area contributed by atoms with Crippen LogP contribution in [0.4, 0.5) is 0 Å². The molecule has 0 radical (unpaired) electrons. The van der Waals surface area contributed by atoms with Crippen molar-refractivity contribution < 1.29 is 9.59 Å². The number of rotatable bonds is 2. The molecule has 1 atom stereocenters. The Hall–Kier alpha value is -0.880. The molecule has 0 aromatic heterocycles. The fourth-order valence-corrected chi connectivity index (χ4v) is 0.944. The number of hydrogen-bond donors (Lipinski definition) is 2. The molecule has 0 aromatic rings. The molecule has 0 spiro atoms. The quantitative estimate of drug-likeness (QED) is 0.524. The summed E-state index contributed by atoms with van der Waals surface area (Å²) in [6.45, 7) is 0.000309. The first-order valence-electron chi connectivity index (χ1n) is 3.39. The van der Waals surface area contributed by atoms with Gasteiger partial charge in [0.1, 0.15) is 12.9 Å². The predicted molar refractivity (Wildman–Crippen MR) is 47.0 cm³/mol. The molecular formula is C6H9N3O2S. The van der Waals surface area contributed by atoms with Crippen LogP contribution in [0.3, 0.4) is 0 Å². The zero-order valence-electron chi connectivity index (χ0n) is 6.30. The van der Waals surface area contributed by atoms with Gasteiger partial charge in [-0.1, -0.05) is 0 Å². The summed E-state index contributed by atoms with van der Waals surface area (Å²) in [5.74, 6) is -0.383. The molecule has 0 fully saturated rings. The van der Waals surface area contributed by atoms with Gasteiger partial charge in [-0.3, -0.25) is 14.5 Å². The lowest BCUT2D eigenvalue weighted by atomic mass is 10.3. The zero-order chi connectivity index (χ0) is 9.14. The number of carbonyl (C=O) groups is 2. The number of carbonyl (C=O) groups excluding carboxylic acids is 2. The van der Waals surface area contributed by atoms with Gasteiger partial charge in [0.05, 0.1) is 6.04 Å². The molecule has 0 unspecified atom stereocenters. The van der Waals surface area contributed by atoms with E-state index in [4.69, 9.17) is 5.73 Å². The smallest absolute Gasteiger partial charge is 0.267 e. The van der Waals surface area contributed by atoms with Crippen molar-refractivity contribution in [2.45, 2.75) is 6.04 Å². The first-order chi connectivity index (χ1) is 5.65. The summed E-state index contributed by atoms with van der Waals surface area (Å²) >= 11 is 3.87. The average molecular weight is 187 g/mol. The summed E-state index contributed by atoms with van der Waals surface area (Å²) in [5.41, 5.74) is 5.40. The highest BCUT2D eigenvalue weighted by Crippen LogP contribution is 1.99. The molecule has 1 aliphatic heterocycles. The fraction of sp³-hybridized carbons (Fsp3) is 0.500. The Kier molecular flexibility index (Phi) is 2.83. The van der Waals surface area contributed by atoms with Crippen LogP contribution < -0.4 is 5.73 Å². The lowest BCUT2D eigenvalue weighted by Gasteiger charge is -2.14. The minimum Gasteiger partial charge on any atom is -0.319 e. The van der Waals surface area contributed by atoms with E-state index in [9.17, 15) is 9.59 Å². The molecule has 0 saturated carbocycles. The van der Waals surface area contributed by atoms with Gasteiger partial charge >= 0.3 is 0 Å². The van der Waals surface area contributed by atoms with Crippen molar-refractivity contribution in [3.05, 3.63) is 0 Å². The first-order valence-corrected chi connectivity index (χ1v) is 4.02. The molecule has 1 rings (SSSR count). The highest BCUT2D eigenvalue weighted by molar-refractivity contribution is 7.80. The summed E-state index contributed by atoms with van der Waals surface area (Å²) in [7, 11) is 0. The summed E-state index contributed by atoms with van der Waals surface area (Å²) in [6, 6.07) is -0.661. The van der Waals surface area contributed by atoms with Crippen molar-refractivity contribution in [1.82, 2.24) is 4.90 Å². The van der Waals surface area contributed by atoms with E-state index in [-0.39, 0.29) is 24.1 Å². The maximum atomic E-state index is 11.2. The molecule has 1 heterocycles. The van der Waals surface area contributed by atoms with Crippen LogP contribution in [0.2, 0.25) is 0 Å². The Bertz CT molecular complexity index is 241. The number of nitrogens with zero attached hydrogens (tertiary/aromatic N) is 2. The van der Waals surface area contributed by atoms with Crippen LogP contribution >= 0.6 is 12.6 Å². The molecule has 5 nitrogen and oxygen atoms in total. The standard InChI is InChI=1S/C6H9N3O2S/c7-4(2-12)6(11)9-1-5(10)8-3-9/h3-4,12H,1-2,7H2/t4-/m0/s1. The number of hydrogen-bond acceptors (Lipinski definition) is 4. The molecular weight excluding hydrogens is 178 g/mol. The highest BCUT2D eigenvalue weighted by Gasteiger charge is 2.24. The van der Waals surface area contributed by atoms with E-state index in [2.05, 4.69) is 17.6 Å². The van der Waals surface area contributed by atoms with Gasteiger partial charge < -0.3 is 5.73 Å². The van der Waals surface area contributed by atoms with Crippen LogP contribution in [-0.4, -0.2) is 41.4 Å². The number of nitrogens with two attached hydrogens (primary N) is 1. The average Bonchev–Trinajstić information content (AvgIpc) is 2.49. The van der Waals surface area contributed by atoms with Crippen LogP contribution in [0.25, 0.3) is 0 Å².